The van der Waals surface area contributed by atoms with Gasteiger partial charge in [0.25, 0.3) is 0 Å². The van der Waals surface area contributed by atoms with Gasteiger partial charge in [-0.2, -0.15) is 0 Å². The summed E-state index contributed by atoms with van der Waals surface area (Å²) < 4.78 is 19.8. The molecule has 0 aromatic heterocycles. The molecule has 0 bridgehead atoms. The number of esters is 1. The fourth-order valence-corrected chi connectivity index (χ4v) is 10.3. The molecule has 0 aromatic rings. The summed E-state index contributed by atoms with van der Waals surface area (Å²) in [6, 6.07) is 0. The van der Waals surface area contributed by atoms with Crippen molar-refractivity contribution in [1.82, 2.24) is 0 Å². The third-order valence-corrected chi connectivity index (χ3v) is 21.8. The van der Waals surface area contributed by atoms with Crippen LogP contribution in [0.3, 0.4) is 0 Å². The number of fused-ring (bicyclic) bond motifs is 1. The van der Waals surface area contributed by atoms with E-state index in [0.717, 1.165) is 18.8 Å². The fourth-order valence-electron chi connectivity index (χ4n) is 7.66. The second kappa shape index (κ2) is 14.3. The highest BCUT2D eigenvalue weighted by atomic mass is 28.4. The number of hydrogen-bond donors (Lipinski definition) is 0. The Morgan fingerprint density at radius 1 is 0.891 bits per heavy atom. The van der Waals surface area contributed by atoms with Crippen molar-refractivity contribution in [1.29, 1.82) is 0 Å². The minimum Gasteiger partial charge on any atom is -0.458 e. The van der Waals surface area contributed by atoms with Crippen molar-refractivity contribution in [3.63, 3.8) is 0 Å². The number of allylic oxidation sites excluding steroid dienone is 4. The molecule has 4 aliphatic carbocycles. The standard InChI is InChI=1S/C40H68O4Si2/c1-27(17-24-37(31-19-20-31)42-29(3)41)34-22-23-35-30(15-14-16-36(34)35)18-21-32-25-33(43-45(10,11)39(4,5)6)26-38(28(32)2)44-46(12,13)40(7,8)9/h17-18,21,24,27,31,33-38H,2,14-16,19-20,22-23,25-26H2,1,3-13H3/b24-17+,30-18-,32-21-/t27-,33-,34-,35+,36-,37+,38+/m1/s1. The van der Waals surface area contributed by atoms with Gasteiger partial charge in [-0.25, -0.2) is 0 Å². The molecule has 260 valence electrons. The summed E-state index contributed by atoms with van der Waals surface area (Å²) in [5.74, 6) is 2.98. The van der Waals surface area contributed by atoms with Gasteiger partial charge < -0.3 is 13.6 Å². The molecule has 0 N–H and O–H groups in total. The third kappa shape index (κ3) is 9.06. The van der Waals surface area contributed by atoms with Crippen molar-refractivity contribution in [3.8, 4) is 0 Å². The fraction of sp³-hybridized carbons (Fsp3) is 0.775. The van der Waals surface area contributed by atoms with Gasteiger partial charge in [0.2, 0.25) is 0 Å². The van der Waals surface area contributed by atoms with Gasteiger partial charge in [0, 0.05) is 13.3 Å². The Hall–Kier alpha value is -1.22. The molecule has 0 heterocycles. The largest absolute Gasteiger partial charge is 0.458 e. The monoisotopic (exact) mass is 668 g/mol. The average Bonchev–Trinajstić information content (AvgIpc) is 3.68. The Morgan fingerprint density at radius 2 is 1.52 bits per heavy atom. The molecule has 4 aliphatic rings. The Balaban J connectivity index is 1.53. The van der Waals surface area contributed by atoms with Crippen molar-refractivity contribution in [2.75, 3.05) is 0 Å². The predicted octanol–water partition coefficient (Wildman–Crippen LogP) is 11.3. The SMILES string of the molecule is C=C1/C(=C\C=C2\CCC[C@@H]3[C@@H]([C@H](C)/C=C/[C@H](OC(C)=O)C4CC4)CC[C@@H]23)C[C@@H](O[Si](C)(C)C(C)(C)C)C[C@@H]1O[Si](C)(C)C(C)(C)C. The van der Waals surface area contributed by atoms with Crippen molar-refractivity contribution in [3.05, 3.63) is 47.6 Å². The lowest BCUT2D eigenvalue weighted by Crippen LogP contribution is -2.49. The van der Waals surface area contributed by atoms with Crippen LogP contribution in [0.2, 0.25) is 36.3 Å². The number of carbonyl (C=O) groups excluding carboxylic acids is 1. The molecule has 46 heavy (non-hydrogen) atoms. The Kier molecular flexibility index (Phi) is 11.7. The van der Waals surface area contributed by atoms with E-state index in [-0.39, 0.29) is 34.4 Å². The van der Waals surface area contributed by atoms with Crippen LogP contribution in [0, 0.1) is 29.6 Å². The predicted molar refractivity (Wildman–Crippen MR) is 199 cm³/mol. The molecule has 4 fully saturated rings. The third-order valence-electron chi connectivity index (χ3n) is 12.8. The summed E-state index contributed by atoms with van der Waals surface area (Å²) in [7, 11) is -3.92. The van der Waals surface area contributed by atoms with E-state index in [1.165, 1.54) is 63.0 Å². The van der Waals surface area contributed by atoms with Crippen molar-refractivity contribution in [2.45, 2.75) is 168 Å². The highest BCUT2D eigenvalue weighted by Crippen LogP contribution is 2.52. The van der Waals surface area contributed by atoms with Gasteiger partial charge in [-0.1, -0.05) is 78.8 Å². The molecule has 0 aliphatic heterocycles. The minimum atomic E-state index is -1.98. The summed E-state index contributed by atoms with van der Waals surface area (Å²) in [6.07, 6.45) is 20.2. The van der Waals surface area contributed by atoms with Crippen LogP contribution in [0.1, 0.15) is 113 Å². The van der Waals surface area contributed by atoms with Gasteiger partial charge in [-0.05, 0) is 134 Å². The van der Waals surface area contributed by atoms with E-state index in [1.54, 1.807) is 5.57 Å². The summed E-state index contributed by atoms with van der Waals surface area (Å²) in [4.78, 5) is 11.7. The van der Waals surface area contributed by atoms with Gasteiger partial charge in [0.1, 0.15) is 6.10 Å². The van der Waals surface area contributed by atoms with Crippen molar-refractivity contribution in [2.24, 2.45) is 29.6 Å². The summed E-state index contributed by atoms with van der Waals surface area (Å²) in [5.41, 5.74) is 4.14. The van der Waals surface area contributed by atoms with Crippen LogP contribution < -0.4 is 0 Å². The van der Waals surface area contributed by atoms with Crippen LogP contribution in [-0.2, 0) is 18.4 Å². The van der Waals surface area contributed by atoms with E-state index in [0.29, 0.717) is 23.7 Å². The van der Waals surface area contributed by atoms with E-state index in [1.807, 2.05) is 0 Å². The average molecular weight is 669 g/mol. The molecular formula is C40H68O4Si2. The lowest BCUT2D eigenvalue weighted by molar-refractivity contribution is -0.144. The zero-order valence-corrected chi connectivity index (χ0v) is 33.6. The molecule has 4 saturated carbocycles. The molecule has 0 spiro atoms. The van der Waals surface area contributed by atoms with E-state index < -0.39 is 16.6 Å². The maximum absolute atomic E-state index is 11.7. The van der Waals surface area contributed by atoms with Crippen LogP contribution in [0.25, 0.3) is 0 Å². The van der Waals surface area contributed by atoms with Gasteiger partial charge in [-0.15, -0.1) is 0 Å². The minimum absolute atomic E-state index is 0.0168. The highest BCUT2D eigenvalue weighted by Gasteiger charge is 2.45. The molecule has 6 heteroatoms. The van der Waals surface area contributed by atoms with E-state index in [4.69, 9.17) is 13.6 Å². The van der Waals surface area contributed by atoms with Crippen LogP contribution >= 0.6 is 0 Å². The molecule has 0 saturated heterocycles. The number of ether oxygens (including phenoxy) is 1. The first kappa shape index (κ1) is 37.6. The second-order valence-electron chi connectivity index (χ2n) is 18.3. The molecule has 0 radical (unpaired) electrons. The lowest BCUT2D eigenvalue weighted by atomic mass is 9.72. The first-order chi connectivity index (χ1) is 21.2. The van der Waals surface area contributed by atoms with Crippen LogP contribution in [0.4, 0.5) is 0 Å². The van der Waals surface area contributed by atoms with Gasteiger partial charge in [0.05, 0.1) is 12.2 Å². The summed E-state index contributed by atoms with van der Waals surface area (Å²) in [5, 5.41) is 0.318. The summed E-state index contributed by atoms with van der Waals surface area (Å²) in [6.45, 7) is 32.1. The molecule has 0 aromatic carbocycles. The maximum atomic E-state index is 11.7. The van der Waals surface area contributed by atoms with E-state index >= 15 is 0 Å². The molecule has 7 atom stereocenters. The highest BCUT2D eigenvalue weighted by molar-refractivity contribution is 6.74. The smallest absolute Gasteiger partial charge is 0.303 e. The molecule has 4 nitrogen and oxygen atoms in total. The Bertz CT molecular complexity index is 1190. The zero-order chi connectivity index (χ0) is 34.2. The second-order valence-corrected chi connectivity index (χ2v) is 27.8. The maximum Gasteiger partial charge on any atom is 0.303 e. The Morgan fingerprint density at radius 3 is 2.11 bits per heavy atom. The van der Waals surface area contributed by atoms with E-state index in [2.05, 4.69) is 106 Å². The van der Waals surface area contributed by atoms with Crippen LogP contribution in [0.5, 0.6) is 0 Å². The van der Waals surface area contributed by atoms with Gasteiger partial charge >= 0.3 is 5.97 Å². The van der Waals surface area contributed by atoms with Crippen molar-refractivity contribution < 1.29 is 18.4 Å². The van der Waals surface area contributed by atoms with Crippen LogP contribution in [0.15, 0.2) is 47.6 Å². The molecule has 0 unspecified atom stereocenters. The number of rotatable bonds is 10. The topological polar surface area (TPSA) is 44.8 Å². The zero-order valence-electron chi connectivity index (χ0n) is 31.6. The molecular weight excluding hydrogens is 601 g/mol. The quantitative estimate of drug-likeness (QED) is 0.132. The van der Waals surface area contributed by atoms with Crippen LogP contribution in [-0.4, -0.2) is 40.9 Å². The molecule has 4 rings (SSSR count). The van der Waals surface area contributed by atoms with Gasteiger partial charge in [-0.3, -0.25) is 4.79 Å². The first-order valence-electron chi connectivity index (χ1n) is 18.5. The number of hydrogen-bond acceptors (Lipinski definition) is 4. The first-order valence-corrected chi connectivity index (χ1v) is 24.3. The number of carbonyl (C=O) groups is 1. The molecule has 0 amide bonds. The van der Waals surface area contributed by atoms with E-state index in [9.17, 15) is 4.79 Å². The lowest BCUT2D eigenvalue weighted by Gasteiger charge is -2.45. The van der Waals surface area contributed by atoms with Gasteiger partial charge in [0.15, 0.2) is 16.6 Å². The normalized spacial score (nSPS) is 31.4. The van der Waals surface area contributed by atoms with Crippen molar-refractivity contribution >= 4 is 22.6 Å². The summed E-state index contributed by atoms with van der Waals surface area (Å²) >= 11 is 0. The Labute approximate surface area is 285 Å².